The third-order valence-electron chi connectivity index (χ3n) is 4.81. The van der Waals surface area contributed by atoms with Crippen LogP contribution in [0.4, 0.5) is 0 Å². The first kappa shape index (κ1) is 13.6. The van der Waals surface area contributed by atoms with Crippen molar-refractivity contribution in [1.29, 1.82) is 0 Å². The molecule has 1 aromatic heterocycles. The van der Waals surface area contributed by atoms with Crippen molar-refractivity contribution in [2.24, 2.45) is 5.92 Å². The molecule has 1 atom stereocenters. The van der Waals surface area contributed by atoms with Gasteiger partial charge in [0, 0.05) is 4.88 Å². The number of nitrogens with zero attached hydrogens (tertiary/aromatic N) is 1. The summed E-state index contributed by atoms with van der Waals surface area (Å²) < 4.78 is 0. The van der Waals surface area contributed by atoms with Gasteiger partial charge in [0.2, 0.25) is 0 Å². The monoisotopic (exact) mass is 278 g/mol. The lowest BCUT2D eigenvalue weighted by molar-refractivity contribution is 0.340. The lowest BCUT2D eigenvalue weighted by atomic mass is 9.92. The Morgan fingerprint density at radius 1 is 1.05 bits per heavy atom. The second kappa shape index (κ2) is 6.36. The fourth-order valence-electron chi connectivity index (χ4n) is 3.71. The van der Waals surface area contributed by atoms with E-state index in [1.54, 1.807) is 4.88 Å². The zero-order valence-corrected chi connectivity index (χ0v) is 12.9. The molecule has 1 fully saturated rings. The van der Waals surface area contributed by atoms with Gasteiger partial charge < -0.3 is 5.32 Å². The van der Waals surface area contributed by atoms with E-state index in [0.717, 1.165) is 5.92 Å². The number of nitrogens with one attached hydrogen (secondary N) is 1. The molecule has 106 valence electrons. The summed E-state index contributed by atoms with van der Waals surface area (Å²) in [5, 5.41) is 4.95. The lowest BCUT2D eigenvalue weighted by Gasteiger charge is -2.23. The zero-order valence-electron chi connectivity index (χ0n) is 12.1. The number of rotatable bonds is 3. The number of aromatic nitrogens is 1. The van der Waals surface area contributed by atoms with Gasteiger partial charge in [-0.1, -0.05) is 25.7 Å². The minimum Gasteiger partial charge on any atom is -0.311 e. The van der Waals surface area contributed by atoms with E-state index in [1.165, 1.54) is 74.9 Å². The van der Waals surface area contributed by atoms with Crippen LogP contribution in [0.2, 0.25) is 0 Å². The molecule has 1 saturated carbocycles. The first-order valence-corrected chi connectivity index (χ1v) is 8.86. The first-order valence-electron chi connectivity index (χ1n) is 8.04. The third-order valence-corrected chi connectivity index (χ3v) is 6.05. The summed E-state index contributed by atoms with van der Waals surface area (Å²) >= 11 is 1.99. The third kappa shape index (κ3) is 3.03. The fourth-order valence-corrected chi connectivity index (χ4v) is 5.07. The van der Waals surface area contributed by atoms with Gasteiger partial charge in [-0.05, 0) is 51.5 Å². The maximum atomic E-state index is 4.98. The van der Waals surface area contributed by atoms with Gasteiger partial charge in [0.1, 0.15) is 5.01 Å². The molecule has 1 N–H and O–H groups in total. The van der Waals surface area contributed by atoms with E-state index >= 15 is 0 Å². The van der Waals surface area contributed by atoms with E-state index in [-0.39, 0.29) is 0 Å². The van der Waals surface area contributed by atoms with Gasteiger partial charge in [0.05, 0.1) is 11.7 Å². The largest absolute Gasteiger partial charge is 0.311 e. The molecule has 1 heterocycles. The minimum atomic E-state index is 0.508. The summed E-state index contributed by atoms with van der Waals surface area (Å²) in [7, 11) is 2.12. The Morgan fingerprint density at radius 3 is 2.47 bits per heavy atom. The summed E-state index contributed by atoms with van der Waals surface area (Å²) in [5.41, 5.74) is 1.42. The SMILES string of the molecule is CNC(c1nc2c(s1)CCCC2)C1CCCCCC1. The van der Waals surface area contributed by atoms with Gasteiger partial charge in [0.25, 0.3) is 0 Å². The molecular formula is C16H26N2S. The summed E-state index contributed by atoms with van der Waals surface area (Å²) in [6.45, 7) is 0. The Kier molecular flexibility index (Phi) is 4.54. The number of aryl methyl sites for hydroxylation is 2. The van der Waals surface area contributed by atoms with Crippen molar-refractivity contribution in [3.8, 4) is 0 Å². The molecule has 2 nitrogen and oxygen atoms in total. The topological polar surface area (TPSA) is 24.9 Å². The van der Waals surface area contributed by atoms with Crippen LogP contribution in [0.5, 0.6) is 0 Å². The molecule has 0 radical (unpaired) electrons. The molecule has 0 spiro atoms. The molecule has 3 rings (SSSR count). The highest BCUT2D eigenvalue weighted by molar-refractivity contribution is 7.11. The van der Waals surface area contributed by atoms with E-state index in [2.05, 4.69) is 12.4 Å². The maximum Gasteiger partial charge on any atom is 0.110 e. The van der Waals surface area contributed by atoms with E-state index < -0.39 is 0 Å². The Hall–Kier alpha value is -0.410. The van der Waals surface area contributed by atoms with Crippen LogP contribution in [0.15, 0.2) is 0 Å². The van der Waals surface area contributed by atoms with Crippen molar-refractivity contribution < 1.29 is 0 Å². The molecule has 0 aromatic carbocycles. The molecule has 0 aliphatic heterocycles. The van der Waals surface area contributed by atoms with Gasteiger partial charge in [0.15, 0.2) is 0 Å². The highest BCUT2D eigenvalue weighted by Crippen LogP contribution is 2.37. The Labute approximate surface area is 121 Å². The van der Waals surface area contributed by atoms with Gasteiger partial charge in [-0.25, -0.2) is 4.98 Å². The second-order valence-electron chi connectivity index (χ2n) is 6.15. The average Bonchev–Trinajstić information content (AvgIpc) is 2.67. The molecular weight excluding hydrogens is 252 g/mol. The highest BCUT2D eigenvalue weighted by Gasteiger charge is 2.27. The number of fused-ring (bicyclic) bond motifs is 1. The van der Waals surface area contributed by atoms with Gasteiger partial charge in [-0.3, -0.25) is 0 Å². The summed E-state index contributed by atoms with van der Waals surface area (Å²) in [4.78, 5) is 6.56. The van der Waals surface area contributed by atoms with Crippen LogP contribution in [-0.2, 0) is 12.8 Å². The summed E-state index contributed by atoms with van der Waals surface area (Å²) in [6.07, 6.45) is 13.6. The van der Waals surface area contributed by atoms with Crippen molar-refractivity contribution in [3.63, 3.8) is 0 Å². The molecule has 0 bridgehead atoms. The molecule has 2 aliphatic rings. The van der Waals surface area contributed by atoms with Crippen LogP contribution >= 0.6 is 11.3 Å². The fraction of sp³-hybridized carbons (Fsp3) is 0.812. The maximum absolute atomic E-state index is 4.98. The van der Waals surface area contributed by atoms with Crippen LogP contribution < -0.4 is 5.32 Å². The normalized spacial score (nSPS) is 22.8. The molecule has 19 heavy (non-hydrogen) atoms. The molecule has 3 heteroatoms. The Bertz CT molecular complexity index is 381. The van der Waals surface area contributed by atoms with Crippen molar-refractivity contribution in [2.45, 2.75) is 70.3 Å². The van der Waals surface area contributed by atoms with Gasteiger partial charge in [-0.15, -0.1) is 11.3 Å². The number of hydrogen-bond donors (Lipinski definition) is 1. The summed E-state index contributed by atoms with van der Waals surface area (Å²) in [5.74, 6) is 0.806. The van der Waals surface area contributed by atoms with Gasteiger partial charge >= 0.3 is 0 Å². The average molecular weight is 278 g/mol. The van der Waals surface area contributed by atoms with Crippen LogP contribution in [-0.4, -0.2) is 12.0 Å². The Balaban J connectivity index is 1.78. The minimum absolute atomic E-state index is 0.508. The predicted molar refractivity (Wildman–Crippen MR) is 81.7 cm³/mol. The summed E-state index contributed by atoms with van der Waals surface area (Å²) in [6, 6.07) is 0.508. The highest BCUT2D eigenvalue weighted by atomic mass is 32.1. The van der Waals surface area contributed by atoms with E-state index in [9.17, 15) is 0 Å². The van der Waals surface area contributed by atoms with Crippen LogP contribution in [0, 0.1) is 5.92 Å². The quantitative estimate of drug-likeness (QED) is 0.836. The molecule has 0 amide bonds. The molecule has 0 saturated heterocycles. The van der Waals surface area contributed by atoms with Crippen molar-refractivity contribution >= 4 is 11.3 Å². The lowest BCUT2D eigenvalue weighted by Crippen LogP contribution is -2.25. The van der Waals surface area contributed by atoms with E-state index in [1.807, 2.05) is 11.3 Å². The second-order valence-corrected chi connectivity index (χ2v) is 7.26. The van der Waals surface area contributed by atoms with Crippen molar-refractivity contribution in [3.05, 3.63) is 15.6 Å². The predicted octanol–water partition coefficient (Wildman–Crippen LogP) is 4.25. The smallest absolute Gasteiger partial charge is 0.110 e. The van der Waals surface area contributed by atoms with Gasteiger partial charge in [-0.2, -0.15) is 0 Å². The molecule has 2 aliphatic carbocycles. The van der Waals surface area contributed by atoms with Crippen LogP contribution in [0.1, 0.15) is 73.0 Å². The first-order chi connectivity index (χ1) is 9.38. The van der Waals surface area contributed by atoms with Crippen molar-refractivity contribution in [1.82, 2.24) is 10.3 Å². The molecule has 1 unspecified atom stereocenters. The molecule has 1 aromatic rings. The van der Waals surface area contributed by atoms with Crippen molar-refractivity contribution in [2.75, 3.05) is 7.05 Å². The van der Waals surface area contributed by atoms with Crippen LogP contribution in [0.25, 0.3) is 0 Å². The zero-order chi connectivity index (χ0) is 13.1. The number of thiazole rings is 1. The standard InChI is InChI=1S/C16H26N2S/c1-17-15(12-8-4-2-3-5-9-12)16-18-13-10-6-7-11-14(13)19-16/h12,15,17H,2-11H2,1H3. The van der Waals surface area contributed by atoms with E-state index in [4.69, 9.17) is 4.98 Å². The van der Waals surface area contributed by atoms with E-state index in [0.29, 0.717) is 6.04 Å². The van der Waals surface area contributed by atoms with Crippen LogP contribution in [0.3, 0.4) is 0 Å². The Morgan fingerprint density at radius 2 is 1.79 bits per heavy atom. The number of hydrogen-bond acceptors (Lipinski definition) is 3.